The highest BCUT2D eigenvalue weighted by atomic mass is 32.2. The van der Waals surface area contributed by atoms with Gasteiger partial charge in [0, 0.05) is 23.1 Å². The molecular formula is C22H25FN2O4S. The van der Waals surface area contributed by atoms with Crippen molar-refractivity contribution in [2.45, 2.75) is 44.6 Å². The lowest BCUT2D eigenvalue weighted by Crippen LogP contribution is -2.24. The SMILES string of the molecule is CCCCNS(=O)(=O)c1ccc(Cc2c(C)n(CC(=O)O)c3ccc(F)cc23)cc1. The maximum absolute atomic E-state index is 13.9. The molecule has 1 heterocycles. The molecular weight excluding hydrogens is 407 g/mol. The lowest BCUT2D eigenvalue weighted by Gasteiger charge is -2.08. The van der Waals surface area contributed by atoms with Crippen LogP contribution < -0.4 is 4.72 Å². The largest absolute Gasteiger partial charge is 0.480 e. The van der Waals surface area contributed by atoms with Gasteiger partial charge in [-0.3, -0.25) is 4.79 Å². The molecule has 0 atom stereocenters. The molecule has 0 fully saturated rings. The van der Waals surface area contributed by atoms with E-state index in [0.717, 1.165) is 29.7 Å². The molecule has 160 valence electrons. The van der Waals surface area contributed by atoms with Crippen LogP contribution in [0.1, 0.15) is 36.6 Å². The van der Waals surface area contributed by atoms with Gasteiger partial charge in [-0.2, -0.15) is 0 Å². The normalized spacial score (nSPS) is 11.8. The van der Waals surface area contributed by atoms with Crippen LogP contribution in [-0.2, 0) is 27.8 Å². The van der Waals surface area contributed by atoms with Crippen LogP contribution >= 0.6 is 0 Å². The number of nitrogens with one attached hydrogen (secondary N) is 1. The van der Waals surface area contributed by atoms with Crippen LogP contribution in [0.2, 0.25) is 0 Å². The Morgan fingerprint density at radius 3 is 2.50 bits per heavy atom. The van der Waals surface area contributed by atoms with Crippen molar-refractivity contribution in [1.29, 1.82) is 0 Å². The summed E-state index contributed by atoms with van der Waals surface area (Å²) in [5, 5.41) is 9.89. The van der Waals surface area contributed by atoms with Gasteiger partial charge in [0.25, 0.3) is 0 Å². The Hall–Kier alpha value is -2.71. The highest BCUT2D eigenvalue weighted by Gasteiger charge is 2.18. The molecule has 3 rings (SSSR count). The molecule has 2 N–H and O–H groups in total. The summed E-state index contributed by atoms with van der Waals surface area (Å²) in [4.78, 5) is 11.5. The molecule has 0 saturated carbocycles. The van der Waals surface area contributed by atoms with E-state index < -0.39 is 21.8 Å². The third kappa shape index (κ3) is 4.71. The quantitative estimate of drug-likeness (QED) is 0.503. The summed E-state index contributed by atoms with van der Waals surface area (Å²) >= 11 is 0. The average Bonchev–Trinajstić information content (AvgIpc) is 2.93. The van der Waals surface area contributed by atoms with Crippen molar-refractivity contribution >= 4 is 26.9 Å². The van der Waals surface area contributed by atoms with Crippen LogP contribution in [-0.4, -0.2) is 30.6 Å². The van der Waals surface area contributed by atoms with Gasteiger partial charge in [-0.15, -0.1) is 0 Å². The second kappa shape index (κ2) is 8.97. The molecule has 0 bridgehead atoms. The predicted molar refractivity (Wildman–Crippen MR) is 114 cm³/mol. The Kier molecular flexibility index (Phi) is 6.58. The summed E-state index contributed by atoms with van der Waals surface area (Å²) in [5.74, 6) is -1.37. The van der Waals surface area contributed by atoms with Crippen molar-refractivity contribution in [3.8, 4) is 0 Å². The van der Waals surface area contributed by atoms with E-state index >= 15 is 0 Å². The molecule has 0 spiro atoms. The van der Waals surface area contributed by atoms with Gasteiger partial charge >= 0.3 is 5.97 Å². The van der Waals surface area contributed by atoms with Crippen molar-refractivity contribution in [2.24, 2.45) is 0 Å². The molecule has 8 heteroatoms. The number of carboxylic acids is 1. The van der Waals surface area contributed by atoms with Crippen LogP contribution in [0, 0.1) is 12.7 Å². The number of hydrogen-bond donors (Lipinski definition) is 2. The van der Waals surface area contributed by atoms with Gasteiger partial charge in [-0.25, -0.2) is 17.5 Å². The highest BCUT2D eigenvalue weighted by Crippen LogP contribution is 2.29. The summed E-state index contributed by atoms with van der Waals surface area (Å²) < 4.78 is 42.8. The number of nitrogens with zero attached hydrogens (tertiary/aromatic N) is 1. The van der Waals surface area contributed by atoms with Crippen LogP contribution in [0.4, 0.5) is 4.39 Å². The molecule has 30 heavy (non-hydrogen) atoms. The predicted octanol–water partition coefficient (Wildman–Crippen LogP) is 3.84. The summed E-state index contributed by atoms with van der Waals surface area (Å²) in [6.07, 6.45) is 2.10. The molecule has 0 aliphatic rings. The number of unbranched alkanes of at least 4 members (excludes halogenated alkanes) is 1. The average molecular weight is 433 g/mol. The third-order valence-electron chi connectivity index (χ3n) is 5.15. The maximum Gasteiger partial charge on any atom is 0.323 e. The topological polar surface area (TPSA) is 88.4 Å². The zero-order valence-corrected chi connectivity index (χ0v) is 17.8. The monoisotopic (exact) mass is 432 g/mol. The number of fused-ring (bicyclic) bond motifs is 1. The van der Waals surface area contributed by atoms with E-state index in [1.807, 2.05) is 13.8 Å². The Morgan fingerprint density at radius 1 is 1.17 bits per heavy atom. The fourth-order valence-electron chi connectivity index (χ4n) is 3.54. The van der Waals surface area contributed by atoms with Gasteiger partial charge in [-0.05, 0) is 61.2 Å². The van der Waals surface area contributed by atoms with Crippen molar-refractivity contribution in [3.63, 3.8) is 0 Å². The van der Waals surface area contributed by atoms with Gasteiger partial charge in [0.1, 0.15) is 12.4 Å². The maximum atomic E-state index is 13.9. The molecule has 3 aromatic rings. The standard InChI is InChI=1S/C22H25FN2O4S/c1-3-4-11-24-30(28,29)18-8-5-16(6-9-18)12-19-15(2)25(14-22(26)27)21-10-7-17(23)13-20(19)21/h5-10,13,24H,3-4,11-12,14H2,1-2H3,(H,26,27). The number of rotatable bonds is 9. The molecule has 0 saturated heterocycles. The minimum atomic E-state index is -3.55. The smallest absolute Gasteiger partial charge is 0.323 e. The fraction of sp³-hybridized carbons (Fsp3) is 0.318. The Labute approximate surface area is 175 Å². The van der Waals surface area contributed by atoms with Crippen molar-refractivity contribution in [3.05, 3.63) is 65.1 Å². The van der Waals surface area contributed by atoms with E-state index in [0.29, 0.717) is 23.9 Å². The first-order valence-electron chi connectivity index (χ1n) is 9.80. The minimum absolute atomic E-state index is 0.193. The van der Waals surface area contributed by atoms with Crippen LogP contribution in [0.5, 0.6) is 0 Å². The Balaban J connectivity index is 1.92. The molecule has 6 nitrogen and oxygen atoms in total. The summed E-state index contributed by atoms with van der Waals surface area (Å²) in [7, 11) is -3.55. The zero-order chi connectivity index (χ0) is 21.9. The van der Waals surface area contributed by atoms with Crippen molar-refractivity contribution < 1.29 is 22.7 Å². The number of carbonyl (C=O) groups is 1. The van der Waals surface area contributed by atoms with Gasteiger partial charge in [0.05, 0.1) is 4.90 Å². The van der Waals surface area contributed by atoms with Gasteiger partial charge in [0.2, 0.25) is 10.0 Å². The number of hydrogen-bond acceptors (Lipinski definition) is 3. The first kappa shape index (κ1) is 22.0. The van der Waals surface area contributed by atoms with Crippen LogP contribution in [0.15, 0.2) is 47.4 Å². The fourth-order valence-corrected chi connectivity index (χ4v) is 4.62. The second-order valence-electron chi connectivity index (χ2n) is 7.28. The van der Waals surface area contributed by atoms with Gasteiger partial charge < -0.3 is 9.67 Å². The van der Waals surface area contributed by atoms with E-state index in [2.05, 4.69) is 4.72 Å². The highest BCUT2D eigenvalue weighted by molar-refractivity contribution is 7.89. The van der Waals surface area contributed by atoms with E-state index in [4.69, 9.17) is 0 Å². The number of sulfonamides is 1. The lowest BCUT2D eigenvalue weighted by atomic mass is 10.0. The first-order chi connectivity index (χ1) is 14.2. The molecule has 0 aliphatic heterocycles. The second-order valence-corrected chi connectivity index (χ2v) is 9.04. The number of benzene rings is 2. The summed E-state index contributed by atoms with van der Waals surface area (Å²) in [6.45, 7) is 3.99. The number of carboxylic acid groups (broad SMARTS) is 1. The van der Waals surface area contributed by atoms with Crippen molar-refractivity contribution in [2.75, 3.05) is 6.54 Å². The number of halogens is 1. The van der Waals surface area contributed by atoms with Gasteiger partial charge in [0.15, 0.2) is 0 Å². The van der Waals surface area contributed by atoms with Gasteiger partial charge in [-0.1, -0.05) is 25.5 Å². The van der Waals surface area contributed by atoms with E-state index in [9.17, 15) is 22.7 Å². The molecule has 0 amide bonds. The van der Waals surface area contributed by atoms with Crippen LogP contribution in [0.3, 0.4) is 0 Å². The zero-order valence-electron chi connectivity index (χ0n) is 17.0. The third-order valence-corrected chi connectivity index (χ3v) is 6.62. The molecule has 1 aromatic heterocycles. The molecule has 2 aromatic carbocycles. The summed E-state index contributed by atoms with van der Waals surface area (Å²) in [5.41, 5.74) is 3.08. The minimum Gasteiger partial charge on any atom is -0.480 e. The molecule has 0 aliphatic carbocycles. The van der Waals surface area contributed by atoms with Crippen LogP contribution in [0.25, 0.3) is 10.9 Å². The Bertz CT molecular complexity index is 1170. The van der Waals surface area contributed by atoms with E-state index in [-0.39, 0.29) is 11.4 Å². The van der Waals surface area contributed by atoms with E-state index in [1.165, 1.54) is 12.1 Å². The lowest BCUT2D eigenvalue weighted by molar-refractivity contribution is -0.137. The Morgan fingerprint density at radius 2 is 1.87 bits per heavy atom. The van der Waals surface area contributed by atoms with Crippen molar-refractivity contribution in [1.82, 2.24) is 9.29 Å². The summed E-state index contributed by atoms with van der Waals surface area (Å²) in [6, 6.07) is 10.9. The number of aliphatic carboxylic acids is 1. The van der Waals surface area contributed by atoms with E-state index in [1.54, 1.807) is 34.9 Å². The molecule has 0 unspecified atom stereocenters. The number of aromatic nitrogens is 1. The first-order valence-corrected chi connectivity index (χ1v) is 11.3. The molecule has 0 radical (unpaired) electrons.